The van der Waals surface area contributed by atoms with Crippen LogP contribution in [0.5, 0.6) is 0 Å². The first-order chi connectivity index (χ1) is 6.72. The molecule has 1 aliphatic rings. The van der Waals surface area contributed by atoms with Crippen LogP contribution in [-0.4, -0.2) is 17.8 Å². The Kier molecular flexibility index (Phi) is 2.79. The summed E-state index contributed by atoms with van der Waals surface area (Å²) < 4.78 is 0. The van der Waals surface area contributed by atoms with E-state index in [-0.39, 0.29) is 0 Å². The van der Waals surface area contributed by atoms with Crippen LogP contribution < -0.4 is 5.32 Å². The van der Waals surface area contributed by atoms with Crippen molar-refractivity contribution in [2.24, 2.45) is 5.92 Å². The maximum atomic E-state index is 4.57. The molecule has 2 rings (SSSR count). The summed E-state index contributed by atoms with van der Waals surface area (Å²) in [5, 5.41) is 4.59. The molecule has 2 heterocycles. The Morgan fingerprint density at radius 1 is 1.50 bits per heavy atom. The van der Waals surface area contributed by atoms with E-state index in [0.29, 0.717) is 12.0 Å². The molecule has 0 saturated carbocycles. The second-order valence-electron chi connectivity index (χ2n) is 3.90. The molecule has 0 fully saturated rings. The Morgan fingerprint density at radius 3 is 3.00 bits per heavy atom. The Morgan fingerprint density at radius 2 is 2.29 bits per heavy atom. The number of aryl methyl sites for hydroxylation is 1. The average molecular weight is 208 g/mol. The van der Waals surface area contributed by atoms with Crippen LogP contribution in [0.4, 0.5) is 0 Å². The van der Waals surface area contributed by atoms with E-state index in [2.05, 4.69) is 29.4 Å². The number of hydrogen-bond acceptors (Lipinski definition) is 3. The molecule has 3 heteroatoms. The summed E-state index contributed by atoms with van der Waals surface area (Å²) in [6.45, 7) is 4.34. The van der Waals surface area contributed by atoms with Crippen molar-refractivity contribution in [3.05, 3.63) is 23.4 Å². The predicted octanol–water partition coefficient (Wildman–Crippen LogP) is 2.39. The lowest BCUT2D eigenvalue weighted by Crippen LogP contribution is -2.28. The average Bonchev–Trinajstić information content (AvgIpc) is 2.18. The summed E-state index contributed by atoms with van der Waals surface area (Å²) in [5.41, 5.74) is 2.47. The van der Waals surface area contributed by atoms with E-state index < -0.39 is 0 Å². The van der Waals surface area contributed by atoms with E-state index in [1.165, 1.54) is 10.6 Å². The first-order valence-corrected chi connectivity index (χ1v) is 5.98. The van der Waals surface area contributed by atoms with Gasteiger partial charge in [0.15, 0.2) is 0 Å². The third-order valence-electron chi connectivity index (χ3n) is 2.73. The van der Waals surface area contributed by atoms with Gasteiger partial charge in [-0.15, -0.1) is 11.8 Å². The number of aromatic nitrogens is 1. The Bertz CT molecular complexity index is 338. The van der Waals surface area contributed by atoms with Crippen molar-refractivity contribution in [3.63, 3.8) is 0 Å². The number of fused-ring (bicyclic) bond motifs is 1. The Balaban J connectivity index is 2.41. The highest BCUT2D eigenvalue weighted by Crippen LogP contribution is 2.37. The summed E-state index contributed by atoms with van der Waals surface area (Å²) in [6, 6.07) is 4.78. The zero-order chi connectivity index (χ0) is 10.1. The zero-order valence-electron chi connectivity index (χ0n) is 8.87. The molecule has 1 aliphatic heterocycles. The van der Waals surface area contributed by atoms with Gasteiger partial charge in [-0.1, -0.05) is 13.0 Å². The number of nitrogens with zero attached hydrogens (tertiary/aromatic N) is 1. The van der Waals surface area contributed by atoms with Crippen molar-refractivity contribution in [2.75, 3.05) is 12.8 Å². The van der Waals surface area contributed by atoms with Gasteiger partial charge < -0.3 is 5.32 Å². The van der Waals surface area contributed by atoms with E-state index in [1.807, 2.05) is 25.7 Å². The van der Waals surface area contributed by atoms with Crippen LogP contribution in [0.1, 0.15) is 24.2 Å². The van der Waals surface area contributed by atoms with E-state index in [9.17, 15) is 0 Å². The quantitative estimate of drug-likeness (QED) is 0.767. The number of rotatable bonds is 1. The SMILES string of the molecule is CNC1c2ccc(C)nc2SCC1C. The van der Waals surface area contributed by atoms with Gasteiger partial charge in [-0.3, -0.25) is 0 Å². The third-order valence-corrected chi connectivity index (χ3v) is 4.02. The highest BCUT2D eigenvalue weighted by atomic mass is 32.2. The molecule has 76 valence electrons. The van der Waals surface area contributed by atoms with Crippen LogP contribution in [0.2, 0.25) is 0 Å². The Labute approximate surface area is 89.5 Å². The fraction of sp³-hybridized carbons (Fsp3) is 0.545. The van der Waals surface area contributed by atoms with Crippen LogP contribution in [0, 0.1) is 12.8 Å². The van der Waals surface area contributed by atoms with E-state index in [1.54, 1.807) is 0 Å². The fourth-order valence-corrected chi connectivity index (χ4v) is 3.13. The van der Waals surface area contributed by atoms with Gasteiger partial charge >= 0.3 is 0 Å². The standard InChI is InChI=1S/C11H16N2S/c1-7-6-14-11-9(10(7)12-3)5-4-8(2)13-11/h4-5,7,10,12H,6H2,1-3H3. The third kappa shape index (κ3) is 1.66. The molecule has 2 unspecified atom stereocenters. The van der Waals surface area contributed by atoms with Crippen LogP contribution in [0.15, 0.2) is 17.2 Å². The molecule has 1 aromatic rings. The molecule has 0 bridgehead atoms. The lowest BCUT2D eigenvalue weighted by Gasteiger charge is -2.29. The maximum absolute atomic E-state index is 4.57. The molecule has 0 spiro atoms. The van der Waals surface area contributed by atoms with Gasteiger partial charge in [0, 0.05) is 23.1 Å². The number of nitrogens with one attached hydrogen (secondary N) is 1. The number of hydrogen-bond donors (Lipinski definition) is 1. The minimum absolute atomic E-state index is 0.472. The molecular weight excluding hydrogens is 192 g/mol. The van der Waals surface area contributed by atoms with Gasteiger partial charge in [0.2, 0.25) is 0 Å². The molecule has 0 aliphatic carbocycles. The minimum atomic E-state index is 0.472. The number of thioether (sulfide) groups is 1. The first kappa shape index (κ1) is 9.99. The highest BCUT2D eigenvalue weighted by molar-refractivity contribution is 7.99. The van der Waals surface area contributed by atoms with Crippen molar-refractivity contribution in [2.45, 2.75) is 24.9 Å². The lowest BCUT2D eigenvalue weighted by molar-refractivity contribution is 0.433. The van der Waals surface area contributed by atoms with Gasteiger partial charge in [0.1, 0.15) is 5.03 Å². The topological polar surface area (TPSA) is 24.9 Å². The fourth-order valence-electron chi connectivity index (χ4n) is 1.95. The molecule has 2 nitrogen and oxygen atoms in total. The minimum Gasteiger partial charge on any atom is -0.313 e. The predicted molar refractivity (Wildman–Crippen MR) is 60.7 cm³/mol. The highest BCUT2D eigenvalue weighted by Gasteiger charge is 2.26. The van der Waals surface area contributed by atoms with Gasteiger partial charge in [-0.05, 0) is 26.0 Å². The molecule has 0 amide bonds. The van der Waals surface area contributed by atoms with Crippen molar-refractivity contribution < 1.29 is 0 Å². The van der Waals surface area contributed by atoms with Crippen molar-refractivity contribution in [1.82, 2.24) is 10.3 Å². The summed E-state index contributed by atoms with van der Waals surface area (Å²) in [7, 11) is 2.03. The molecule has 0 aromatic carbocycles. The van der Waals surface area contributed by atoms with Crippen LogP contribution in [0.3, 0.4) is 0 Å². The first-order valence-electron chi connectivity index (χ1n) is 5.00. The zero-order valence-corrected chi connectivity index (χ0v) is 9.69. The molecule has 0 saturated heterocycles. The largest absolute Gasteiger partial charge is 0.313 e. The van der Waals surface area contributed by atoms with Gasteiger partial charge in [0.05, 0.1) is 0 Å². The van der Waals surface area contributed by atoms with Gasteiger partial charge in [-0.2, -0.15) is 0 Å². The molecule has 2 atom stereocenters. The van der Waals surface area contributed by atoms with Crippen molar-refractivity contribution >= 4 is 11.8 Å². The Hall–Kier alpha value is -0.540. The molecule has 1 N–H and O–H groups in total. The molecule has 1 aromatic heterocycles. The summed E-state index contributed by atoms with van der Waals surface area (Å²) in [4.78, 5) is 4.57. The maximum Gasteiger partial charge on any atom is 0.101 e. The van der Waals surface area contributed by atoms with Gasteiger partial charge in [0.25, 0.3) is 0 Å². The second-order valence-corrected chi connectivity index (χ2v) is 4.91. The van der Waals surface area contributed by atoms with Crippen LogP contribution in [0.25, 0.3) is 0 Å². The van der Waals surface area contributed by atoms with Gasteiger partial charge in [-0.25, -0.2) is 4.98 Å². The summed E-state index contributed by atoms with van der Waals surface area (Å²) >= 11 is 1.88. The van der Waals surface area contributed by atoms with Crippen LogP contribution >= 0.6 is 11.8 Å². The monoisotopic (exact) mass is 208 g/mol. The van der Waals surface area contributed by atoms with E-state index >= 15 is 0 Å². The van der Waals surface area contributed by atoms with Crippen LogP contribution in [-0.2, 0) is 0 Å². The molecule has 0 radical (unpaired) electrons. The summed E-state index contributed by atoms with van der Waals surface area (Å²) in [6.07, 6.45) is 0. The normalized spacial score (nSPS) is 25.9. The van der Waals surface area contributed by atoms with Crippen molar-refractivity contribution in [3.8, 4) is 0 Å². The number of pyridine rings is 1. The lowest BCUT2D eigenvalue weighted by atomic mass is 9.97. The van der Waals surface area contributed by atoms with E-state index in [0.717, 1.165) is 11.4 Å². The summed E-state index contributed by atoms with van der Waals surface area (Å²) in [5.74, 6) is 1.84. The van der Waals surface area contributed by atoms with E-state index in [4.69, 9.17) is 0 Å². The van der Waals surface area contributed by atoms with Crippen molar-refractivity contribution in [1.29, 1.82) is 0 Å². The molecular formula is C11H16N2S. The molecule has 14 heavy (non-hydrogen) atoms. The smallest absolute Gasteiger partial charge is 0.101 e. The second kappa shape index (κ2) is 3.91.